The van der Waals surface area contributed by atoms with E-state index in [9.17, 15) is 13.2 Å². The van der Waals surface area contributed by atoms with Gasteiger partial charge in [0.15, 0.2) is 0 Å². The van der Waals surface area contributed by atoms with Crippen LogP contribution in [0.4, 0.5) is 24.8 Å². The number of nitrogens with zero attached hydrogens (tertiary/aromatic N) is 2. The fourth-order valence-electron chi connectivity index (χ4n) is 1.53. The predicted molar refractivity (Wildman–Crippen MR) is 67.7 cm³/mol. The van der Waals surface area contributed by atoms with E-state index in [2.05, 4.69) is 20.7 Å². The van der Waals surface area contributed by atoms with Gasteiger partial charge in [0.1, 0.15) is 17.5 Å². The van der Waals surface area contributed by atoms with E-state index in [-0.39, 0.29) is 13.0 Å². The third-order valence-corrected chi connectivity index (χ3v) is 2.57. The van der Waals surface area contributed by atoms with Crippen molar-refractivity contribution in [3.8, 4) is 0 Å². The molecule has 0 aromatic carbocycles. The number of aromatic nitrogens is 2. The molecule has 4 N–H and O–H groups in total. The lowest BCUT2D eigenvalue weighted by atomic mass is 10.2. The van der Waals surface area contributed by atoms with Crippen molar-refractivity contribution in [3.05, 3.63) is 11.4 Å². The predicted octanol–water partition coefficient (Wildman–Crippen LogP) is 2.39. The van der Waals surface area contributed by atoms with Crippen molar-refractivity contribution in [1.82, 2.24) is 9.97 Å². The molecule has 108 valence electrons. The number of aryl methyl sites for hydroxylation is 1. The first-order valence-corrected chi connectivity index (χ1v) is 6.02. The molecule has 8 heteroatoms. The maximum atomic E-state index is 12.0. The number of nitrogen functional groups attached to an aromatic ring is 1. The highest BCUT2D eigenvalue weighted by Crippen LogP contribution is 2.22. The van der Waals surface area contributed by atoms with Gasteiger partial charge in [0, 0.05) is 24.9 Å². The van der Waals surface area contributed by atoms with E-state index < -0.39 is 12.6 Å². The van der Waals surface area contributed by atoms with Crippen LogP contribution in [0.25, 0.3) is 0 Å². The quantitative estimate of drug-likeness (QED) is 0.423. The van der Waals surface area contributed by atoms with Crippen LogP contribution in [0, 0.1) is 6.92 Å². The summed E-state index contributed by atoms with van der Waals surface area (Å²) >= 11 is 0. The summed E-state index contributed by atoms with van der Waals surface area (Å²) < 4.78 is 36.1. The van der Waals surface area contributed by atoms with Crippen molar-refractivity contribution in [3.63, 3.8) is 0 Å². The topological polar surface area (TPSA) is 75.9 Å². The van der Waals surface area contributed by atoms with E-state index in [1.165, 1.54) is 0 Å². The average Bonchev–Trinajstić information content (AvgIpc) is 2.35. The third-order valence-electron chi connectivity index (χ3n) is 2.57. The summed E-state index contributed by atoms with van der Waals surface area (Å²) in [6, 6.07) is 0. The van der Waals surface area contributed by atoms with Crippen LogP contribution in [0.2, 0.25) is 0 Å². The van der Waals surface area contributed by atoms with Gasteiger partial charge < -0.3 is 10.7 Å². The van der Waals surface area contributed by atoms with Gasteiger partial charge in [-0.3, -0.25) is 0 Å². The zero-order chi connectivity index (χ0) is 14.5. The molecule has 1 heterocycles. The Morgan fingerprint density at radius 2 is 1.84 bits per heavy atom. The second-order valence-corrected chi connectivity index (χ2v) is 4.11. The van der Waals surface area contributed by atoms with Gasteiger partial charge in [0.25, 0.3) is 0 Å². The van der Waals surface area contributed by atoms with E-state index in [0.717, 1.165) is 0 Å². The van der Waals surface area contributed by atoms with Crippen LogP contribution < -0.4 is 16.6 Å². The summed E-state index contributed by atoms with van der Waals surface area (Å²) in [5.74, 6) is 6.91. The van der Waals surface area contributed by atoms with Crippen LogP contribution in [0.3, 0.4) is 0 Å². The van der Waals surface area contributed by atoms with Crippen molar-refractivity contribution < 1.29 is 13.2 Å². The minimum Gasteiger partial charge on any atom is -0.370 e. The molecule has 0 aliphatic rings. The van der Waals surface area contributed by atoms with Gasteiger partial charge in [0.2, 0.25) is 0 Å². The van der Waals surface area contributed by atoms with Gasteiger partial charge in [-0.1, -0.05) is 6.92 Å². The van der Waals surface area contributed by atoms with Gasteiger partial charge in [-0.25, -0.2) is 15.8 Å². The number of nitrogens with two attached hydrogens (primary N) is 1. The maximum Gasteiger partial charge on any atom is 0.389 e. The summed E-state index contributed by atoms with van der Waals surface area (Å²) in [5, 5.41) is 2.89. The van der Waals surface area contributed by atoms with Crippen molar-refractivity contribution in [1.29, 1.82) is 0 Å². The van der Waals surface area contributed by atoms with Crippen LogP contribution in [-0.2, 0) is 6.42 Å². The molecule has 5 nitrogen and oxygen atoms in total. The third kappa shape index (κ3) is 4.90. The summed E-state index contributed by atoms with van der Waals surface area (Å²) in [4.78, 5) is 8.40. The van der Waals surface area contributed by atoms with E-state index in [0.29, 0.717) is 29.4 Å². The highest BCUT2D eigenvalue weighted by atomic mass is 19.4. The number of alkyl halides is 3. The minimum atomic E-state index is -4.12. The van der Waals surface area contributed by atoms with Crippen LogP contribution >= 0.6 is 0 Å². The molecule has 0 saturated heterocycles. The zero-order valence-corrected chi connectivity index (χ0v) is 10.9. The SMILES string of the molecule is CCc1nc(NN)c(C)c(NCCCC(F)(F)F)n1. The molecule has 0 unspecified atom stereocenters. The molecule has 0 fully saturated rings. The zero-order valence-electron chi connectivity index (χ0n) is 10.9. The monoisotopic (exact) mass is 277 g/mol. The summed E-state index contributed by atoms with van der Waals surface area (Å²) in [7, 11) is 0. The molecule has 0 atom stereocenters. The maximum absolute atomic E-state index is 12.0. The van der Waals surface area contributed by atoms with E-state index in [1.54, 1.807) is 6.92 Å². The smallest absolute Gasteiger partial charge is 0.370 e. The number of anilines is 2. The molecule has 0 aliphatic carbocycles. The van der Waals surface area contributed by atoms with Gasteiger partial charge >= 0.3 is 6.18 Å². The number of hydrogen-bond acceptors (Lipinski definition) is 5. The molecule has 1 aromatic heterocycles. The molecule has 0 radical (unpaired) electrons. The van der Waals surface area contributed by atoms with Gasteiger partial charge in [-0.15, -0.1) is 0 Å². The lowest BCUT2D eigenvalue weighted by molar-refractivity contribution is -0.134. The Morgan fingerprint density at radius 1 is 1.21 bits per heavy atom. The minimum absolute atomic E-state index is 0.000210. The summed E-state index contributed by atoms with van der Waals surface area (Å²) in [6.07, 6.45) is -4.32. The normalized spacial score (nSPS) is 11.5. The first-order chi connectivity index (χ1) is 8.87. The van der Waals surface area contributed by atoms with Crippen molar-refractivity contribution in [2.24, 2.45) is 5.84 Å². The molecular formula is C11H18F3N5. The van der Waals surface area contributed by atoms with Gasteiger partial charge in [-0.05, 0) is 13.3 Å². The fourth-order valence-corrected chi connectivity index (χ4v) is 1.53. The standard InChI is InChI=1S/C11H18F3N5/c1-3-8-17-9(7(2)10(18-8)19-15)16-6-4-5-11(12,13)14/h3-6,15H2,1-2H3,(H2,16,17,18,19). The van der Waals surface area contributed by atoms with E-state index in [4.69, 9.17) is 5.84 Å². The Balaban J connectivity index is 2.67. The largest absolute Gasteiger partial charge is 0.389 e. The molecule has 0 saturated carbocycles. The number of hydrogen-bond donors (Lipinski definition) is 3. The van der Waals surface area contributed by atoms with Gasteiger partial charge in [0.05, 0.1) is 0 Å². The average molecular weight is 277 g/mol. The molecule has 0 bridgehead atoms. The lowest BCUT2D eigenvalue weighted by Gasteiger charge is -2.13. The molecule has 0 amide bonds. The second-order valence-electron chi connectivity index (χ2n) is 4.11. The number of rotatable bonds is 6. The molecule has 1 aromatic rings. The second kappa shape index (κ2) is 6.55. The molecular weight excluding hydrogens is 259 g/mol. The Hall–Kier alpha value is -1.57. The Kier molecular flexibility index (Phi) is 5.34. The van der Waals surface area contributed by atoms with Crippen LogP contribution in [0.5, 0.6) is 0 Å². The first-order valence-electron chi connectivity index (χ1n) is 6.02. The Morgan fingerprint density at radius 3 is 2.37 bits per heavy atom. The molecule has 0 spiro atoms. The van der Waals surface area contributed by atoms with Crippen LogP contribution in [0.1, 0.15) is 31.2 Å². The number of hydrazine groups is 1. The highest BCUT2D eigenvalue weighted by Gasteiger charge is 2.25. The van der Waals surface area contributed by atoms with Crippen molar-refractivity contribution in [2.75, 3.05) is 17.3 Å². The Bertz CT molecular complexity index is 420. The van der Waals surface area contributed by atoms with Gasteiger partial charge in [-0.2, -0.15) is 13.2 Å². The van der Waals surface area contributed by atoms with Crippen molar-refractivity contribution in [2.45, 2.75) is 39.3 Å². The van der Waals surface area contributed by atoms with Crippen LogP contribution in [-0.4, -0.2) is 22.7 Å². The molecule has 19 heavy (non-hydrogen) atoms. The van der Waals surface area contributed by atoms with E-state index in [1.807, 2.05) is 6.92 Å². The van der Waals surface area contributed by atoms with E-state index >= 15 is 0 Å². The number of halogens is 3. The fraction of sp³-hybridized carbons (Fsp3) is 0.636. The highest BCUT2D eigenvalue weighted by molar-refractivity contribution is 5.56. The van der Waals surface area contributed by atoms with Crippen molar-refractivity contribution >= 4 is 11.6 Å². The molecule has 0 aliphatic heterocycles. The summed E-state index contributed by atoms with van der Waals surface area (Å²) in [5.41, 5.74) is 3.14. The first kappa shape index (κ1) is 15.5. The number of nitrogens with one attached hydrogen (secondary N) is 2. The Labute approximate surface area is 109 Å². The molecule has 1 rings (SSSR count). The lowest BCUT2D eigenvalue weighted by Crippen LogP contribution is -2.16. The van der Waals surface area contributed by atoms with Crippen LogP contribution in [0.15, 0.2) is 0 Å². The summed E-state index contributed by atoms with van der Waals surface area (Å²) in [6.45, 7) is 3.84.